The standard InChI is InChI=1S/C17H25N3/c1-11(2)13-7-6-8-15-16(13)19-12(3)14(9-10-18)17(15)20(4)5/h6-8,11H,9-10,18H2,1-5H3. The molecule has 1 heterocycles. The van der Waals surface area contributed by atoms with Crippen LogP contribution >= 0.6 is 0 Å². The molecule has 0 bridgehead atoms. The molecule has 1 aromatic heterocycles. The number of para-hydroxylation sites is 1. The summed E-state index contributed by atoms with van der Waals surface area (Å²) in [6.07, 6.45) is 0.869. The topological polar surface area (TPSA) is 42.2 Å². The van der Waals surface area contributed by atoms with Crippen molar-refractivity contribution in [2.75, 3.05) is 25.5 Å². The number of anilines is 1. The molecule has 0 fully saturated rings. The predicted octanol–water partition coefficient (Wildman–Crippen LogP) is 3.23. The van der Waals surface area contributed by atoms with Crippen LogP contribution in [0.1, 0.15) is 36.6 Å². The SMILES string of the molecule is Cc1nc2c(C(C)C)cccc2c(N(C)C)c1CCN. The van der Waals surface area contributed by atoms with Crippen molar-refractivity contribution in [3.8, 4) is 0 Å². The molecule has 0 atom stereocenters. The molecule has 0 aliphatic rings. The van der Waals surface area contributed by atoms with Crippen molar-refractivity contribution in [1.29, 1.82) is 0 Å². The monoisotopic (exact) mass is 271 g/mol. The van der Waals surface area contributed by atoms with E-state index in [4.69, 9.17) is 10.7 Å². The Hall–Kier alpha value is -1.61. The highest BCUT2D eigenvalue weighted by atomic mass is 15.1. The van der Waals surface area contributed by atoms with Crippen LogP contribution in [0.5, 0.6) is 0 Å². The van der Waals surface area contributed by atoms with Gasteiger partial charge < -0.3 is 10.6 Å². The first-order chi connectivity index (χ1) is 9.47. The van der Waals surface area contributed by atoms with E-state index in [-0.39, 0.29) is 0 Å². The van der Waals surface area contributed by atoms with Crippen molar-refractivity contribution in [2.45, 2.75) is 33.1 Å². The number of fused-ring (bicyclic) bond motifs is 1. The lowest BCUT2D eigenvalue weighted by molar-refractivity contribution is 0.869. The number of hydrogen-bond donors (Lipinski definition) is 1. The quantitative estimate of drug-likeness (QED) is 0.928. The van der Waals surface area contributed by atoms with Gasteiger partial charge >= 0.3 is 0 Å². The van der Waals surface area contributed by atoms with Crippen molar-refractivity contribution in [3.05, 3.63) is 35.0 Å². The molecule has 2 N–H and O–H groups in total. The maximum Gasteiger partial charge on any atom is 0.0760 e. The van der Waals surface area contributed by atoms with E-state index in [2.05, 4.69) is 58.0 Å². The van der Waals surface area contributed by atoms with E-state index in [0.717, 1.165) is 17.6 Å². The van der Waals surface area contributed by atoms with Crippen molar-refractivity contribution in [1.82, 2.24) is 4.98 Å². The van der Waals surface area contributed by atoms with Crippen molar-refractivity contribution < 1.29 is 0 Å². The van der Waals surface area contributed by atoms with Gasteiger partial charge in [-0.15, -0.1) is 0 Å². The molecule has 2 rings (SSSR count). The second-order valence-electron chi connectivity index (χ2n) is 5.86. The maximum absolute atomic E-state index is 5.77. The van der Waals surface area contributed by atoms with Crippen molar-refractivity contribution >= 4 is 16.6 Å². The lowest BCUT2D eigenvalue weighted by Crippen LogP contribution is -2.16. The maximum atomic E-state index is 5.77. The first-order valence-corrected chi connectivity index (χ1v) is 7.26. The third-order valence-corrected chi connectivity index (χ3v) is 3.79. The van der Waals surface area contributed by atoms with Gasteiger partial charge in [-0.2, -0.15) is 0 Å². The number of pyridine rings is 1. The average molecular weight is 271 g/mol. The number of benzene rings is 1. The van der Waals surface area contributed by atoms with Crippen molar-refractivity contribution in [2.24, 2.45) is 5.73 Å². The molecule has 0 amide bonds. The van der Waals surface area contributed by atoms with E-state index >= 15 is 0 Å². The molecule has 0 aliphatic carbocycles. The second kappa shape index (κ2) is 5.80. The second-order valence-corrected chi connectivity index (χ2v) is 5.86. The van der Waals surface area contributed by atoms with Gasteiger partial charge in [0.15, 0.2) is 0 Å². The van der Waals surface area contributed by atoms with Crippen LogP contribution in [0, 0.1) is 6.92 Å². The molecule has 108 valence electrons. The lowest BCUT2D eigenvalue weighted by Gasteiger charge is -2.23. The van der Waals surface area contributed by atoms with Crippen LogP contribution in [0.15, 0.2) is 18.2 Å². The first kappa shape index (κ1) is 14.8. The van der Waals surface area contributed by atoms with Gasteiger partial charge in [-0.3, -0.25) is 4.98 Å². The van der Waals surface area contributed by atoms with E-state index in [9.17, 15) is 0 Å². The summed E-state index contributed by atoms with van der Waals surface area (Å²) in [5.41, 5.74) is 11.8. The summed E-state index contributed by atoms with van der Waals surface area (Å²) in [6.45, 7) is 7.18. The number of rotatable bonds is 4. The van der Waals surface area contributed by atoms with E-state index in [1.165, 1.54) is 22.2 Å². The normalized spacial score (nSPS) is 11.3. The van der Waals surface area contributed by atoms with E-state index in [1.807, 2.05) is 0 Å². The fourth-order valence-electron chi connectivity index (χ4n) is 2.87. The Labute approximate surface area is 121 Å². The zero-order valence-electron chi connectivity index (χ0n) is 13.2. The van der Waals surface area contributed by atoms with Crippen LogP contribution in [-0.2, 0) is 6.42 Å². The Morgan fingerprint density at radius 2 is 1.95 bits per heavy atom. The highest BCUT2D eigenvalue weighted by Crippen LogP contribution is 2.34. The molecule has 0 spiro atoms. The van der Waals surface area contributed by atoms with Gasteiger partial charge in [0, 0.05) is 25.2 Å². The highest BCUT2D eigenvalue weighted by molar-refractivity contribution is 5.95. The Morgan fingerprint density at radius 3 is 2.50 bits per heavy atom. The van der Waals surface area contributed by atoms with E-state index in [0.29, 0.717) is 12.5 Å². The lowest BCUT2D eigenvalue weighted by atomic mass is 9.96. The fourth-order valence-corrected chi connectivity index (χ4v) is 2.87. The van der Waals surface area contributed by atoms with E-state index in [1.54, 1.807) is 0 Å². The molecule has 3 heteroatoms. The Morgan fingerprint density at radius 1 is 1.25 bits per heavy atom. The number of aryl methyl sites for hydroxylation is 1. The molecule has 20 heavy (non-hydrogen) atoms. The summed E-state index contributed by atoms with van der Waals surface area (Å²) in [7, 11) is 4.19. The molecule has 1 aromatic carbocycles. The molecular weight excluding hydrogens is 246 g/mol. The Balaban J connectivity index is 2.85. The van der Waals surface area contributed by atoms with Crippen molar-refractivity contribution in [3.63, 3.8) is 0 Å². The van der Waals surface area contributed by atoms with Crippen LogP contribution < -0.4 is 10.6 Å². The van der Waals surface area contributed by atoms with E-state index < -0.39 is 0 Å². The molecule has 0 saturated carbocycles. The van der Waals surface area contributed by atoms with Crippen LogP contribution in [0.4, 0.5) is 5.69 Å². The van der Waals surface area contributed by atoms with Gasteiger partial charge in [0.1, 0.15) is 0 Å². The number of nitrogens with two attached hydrogens (primary N) is 1. The molecule has 0 aliphatic heterocycles. The van der Waals surface area contributed by atoms with Gasteiger partial charge in [0.05, 0.1) is 11.2 Å². The zero-order chi connectivity index (χ0) is 14.9. The van der Waals surface area contributed by atoms with Gasteiger partial charge in [-0.1, -0.05) is 32.0 Å². The number of nitrogens with zero attached hydrogens (tertiary/aromatic N) is 2. The molecule has 0 unspecified atom stereocenters. The molecule has 3 nitrogen and oxygen atoms in total. The smallest absolute Gasteiger partial charge is 0.0760 e. The third-order valence-electron chi connectivity index (χ3n) is 3.79. The highest BCUT2D eigenvalue weighted by Gasteiger charge is 2.16. The summed E-state index contributed by atoms with van der Waals surface area (Å²) in [4.78, 5) is 7.06. The van der Waals surface area contributed by atoms with Gasteiger partial charge in [0.25, 0.3) is 0 Å². The largest absolute Gasteiger partial charge is 0.377 e. The van der Waals surface area contributed by atoms with Gasteiger partial charge in [-0.05, 0) is 36.9 Å². The first-order valence-electron chi connectivity index (χ1n) is 7.26. The molecular formula is C17H25N3. The fraction of sp³-hybridized carbons (Fsp3) is 0.471. The predicted molar refractivity (Wildman–Crippen MR) is 87.7 cm³/mol. The third kappa shape index (κ3) is 2.50. The van der Waals surface area contributed by atoms with Crippen LogP contribution in [0.25, 0.3) is 10.9 Å². The zero-order valence-corrected chi connectivity index (χ0v) is 13.2. The molecule has 0 radical (unpaired) electrons. The Kier molecular flexibility index (Phi) is 4.29. The summed E-state index contributed by atoms with van der Waals surface area (Å²) in [6, 6.07) is 6.48. The van der Waals surface area contributed by atoms with Crippen LogP contribution in [0.2, 0.25) is 0 Å². The average Bonchev–Trinajstić information content (AvgIpc) is 2.38. The summed E-state index contributed by atoms with van der Waals surface area (Å²) >= 11 is 0. The van der Waals surface area contributed by atoms with Crippen LogP contribution in [-0.4, -0.2) is 25.6 Å². The minimum atomic E-state index is 0.473. The minimum absolute atomic E-state index is 0.473. The van der Waals surface area contributed by atoms with Gasteiger partial charge in [-0.25, -0.2) is 0 Å². The summed E-state index contributed by atoms with van der Waals surface area (Å²) in [5.74, 6) is 0.473. The van der Waals surface area contributed by atoms with Crippen LogP contribution in [0.3, 0.4) is 0 Å². The summed E-state index contributed by atoms with van der Waals surface area (Å²) < 4.78 is 0. The Bertz CT molecular complexity index is 615. The molecule has 0 saturated heterocycles. The minimum Gasteiger partial charge on any atom is -0.377 e. The number of aromatic nitrogens is 1. The summed E-state index contributed by atoms with van der Waals surface area (Å²) in [5, 5.41) is 1.23. The molecule has 2 aromatic rings. The number of hydrogen-bond acceptors (Lipinski definition) is 3. The van der Waals surface area contributed by atoms with Gasteiger partial charge in [0.2, 0.25) is 0 Å².